The van der Waals surface area contributed by atoms with Gasteiger partial charge in [-0.3, -0.25) is 14.3 Å². The van der Waals surface area contributed by atoms with Crippen LogP contribution in [-0.2, 0) is 0 Å². The number of pyridine rings is 1. The van der Waals surface area contributed by atoms with Crippen LogP contribution >= 0.6 is 11.3 Å². The summed E-state index contributed by atoms with van der Waals surface area (Å²) >= 11 is 1.68. The topological polar surface area (TPSA) is 73.8 Å². The summed E-state index contributed by atoms with van der Waals surface area (Å²) in [6.45, 7) is 2.01. The Morgan fingerprint density at radius 1 is 0.810 bits per heavy atom. The standard InChI is InChI=1S/C35H22N4O2S/c1-21-10-12-24(13-11-21)35(40)39-29-8-4-2-6-25(29)26-18-19-36-32(33(26)39)30-20-28(38-41-30)22-14-16-23(17-15-22)34-37-27-7-3-5-9-31(27)42-34/h2-20H,1H3. The Morgan fingerprint density at radius 3 is 2.40 bits per heavy atom. The highest BCUT2D eigenvalue weighted by atomic mass is 32.1. The number of para-hydroxylation sites is 2. The molecule has 4 heterocycles. The molecule has 0 radical (unpaired) electrons. The van der Waals surface area contributed by atoms with E-state index in [2.05, 4.69) is 23.4 Å². The molecule has 4 aromatic heterocycles. The molecule has 8 rings (SSSR count). The highest BCUT2D eigenvalue weighted by Gasteiger charge is 2.23. The Bertz CT molecular complexity index is 2240. The summed E-state index contributed by atoms with van der Waals surface area (Å²) in [6.07, 6.45) is 1.75. The molecule has 0 bridgehead atoms. The molecule has 6 nitrogen and oxygen atoms in total. The third kappa shape index (κ3) is 3.94. The third-order valence-electron chi connectivity index (χ3n) is 7.55. The molecular weight excluding hydrogens is 540 g/mol. The number of hydrogen-bond acceptors (Lipinski definition) is 6. The molecular formula is C35H22N4O2S. The van der Waals surface area contributed by atoms with Crippen LogP contribution in [0.1, 0.15) is 15.9 Å². The minimum atomic E-state index is -0.124. The van der Waals surface area contributed by atoms with Crippen LogP contribution in [0.5, 0.6) is 0 Å². The molecule has 8 aromatic rings. The number of hydrogen-bond donors (Lipinski definition) is 0. The van der Waals surface area contributed by atoms with Crippen molar-refractivity contribution in [3.63, 3.8) is 0 Å². The highest BCUT2D eigenvalue weighted by molar-refractivity contribution is 7.21. The van der Waals surface area contributed by atoms with Crippen molar-refractivity contribution in [3.05, 3.63) is 127 Å². The molecule has 200 valence electrons. The van der Waals surface area contributed by atoms with Crippen molar-refractivity contribution >= 4 is 49.3 Å². The molecule has 0 saturated carbocycles. The van der Waals surface area contributed by atoms with Gasteiger partial charge in [0.25, 0.3) is 5.91 Å². The summed E-state index contributed by atoms with van der Waals surface area (Å²) in [4.78, 5) is 23.4. The Labute approximate surface area is 244 Å². The first-order chi connectivity index (χ1) is 20.6. The second-order valence-corrected chi connectivity index (χ2v) is 11.3. The van der Waals surface area contributed by atoms with E-state index in [9.17, 15) is 4.79 Å². The van der Waals surface area contributed by atoms with Crippen LogP contribution in [0.4, 0.5) is 0 Å². The van der Waals surface area contributed by atoms with Crippen molar-refractivity contribution in [3.8, 4) is 33.3 Å². The molecule has 0 amide bonds. The molecule has 0 aliphatic rings. The predicted molar refractivity (Wildman–Crippen MR) is 168 cm³/mol. The lowest BCUT2D eigenvalue weighted by atomic mass is 10.1. The van der Waals surface area contributed by atoms with E-state index >= 15 is 0 Å². The lowest BCUT2D eigenvalue weighted by Crippen LogP contribution is -2.12. The number of thiazole rings is 1. The van der Waals surface area contributed by atoms with Gasteiger partial charge in [-0.25, -0.2) is 4.98 Å². The lowest BCUT2D eigenvalue weighted by Gasteiger charge is -2.08. The Hall–Kier alpha value is -5.40. The van der Waals surface area contributed by atoms with Gasteiger partial charge in [0, 0.05) is 39.7 Å². The van der Waals surface area contributed by atoms with Crippen LogP contribution in [0, 0.1) is 6.92 Å². The van der Waals surface area contributed by atoms with Crippen LogP contribution < -0.4 is 0 Å². The molecule has 7 heteroatoms. The first kappa shape index (κ1) is 24.4. The molecule has 0 unspecified atom stereocenters. The molecule has 0 aliphatic carbocycles. The van der Waals surface area contributed by atoms with Gasteiger partial charge in [-0.2, -0.15) is 0 Å². The van der Waals surface area contributed by atoms with Gasteiger partial charge in [0.05, 0.1) is 21.3 Å². The normalized spacial score (nSPS) is 11.5. The van der Waals surface area contributed by atoms with Crippen LogP contribution in [0.2, 0.25) is 0 Å². The van der Waals surface area contributed by atoms with Crippen LogP contribution in [0.15, 0.2) is 120 Å². The van der Waals surface area contributed by atoms with Gasteiger partial charge in [0.15, 0.2) is 5.76 Å². The number of carbonyl (C=O) groups excluding carboxylic acids is 1. The zero-order chi connectivity index (χ0) is 28.2. The average Bonchev–Trinajstić information content (AvgIpc) is 3.77. The summed E-state index contributed by atoms with van der Waals surface area (Å²) in [7, 11) is 0. The maximum Gasteiger partial charge on any atom is 0.262 e. The van der Waals surface area contributed by atoms with Crippen molar-refractivity contribution < 1.29 is 9.32 Å². The van der Waals surface area contributed by atoms with Crippen molar-refractivity contribution in [2.75, 3.05) is 0 Å². The fourth-order valence-electron chi connectivity index (χ4n) is 5.43. The Balaban J connectivity index is 1.22. The smallest absolute Gasteiger partial charge is 0.262 e. The van der Waals surface area contributed by atoms with Crippen molar-refractivity contribution in [2.24, 2.45) is 0 Å². The Morgan fingerprint density at radius 2 is 1.57 bits per heavy atom. The van der Waals surface area contributed by atoms with E-state index in [1.807, 2.05) is 97.9 Å². The Kier molecular flexibility index (Phi) is 5.58. The molecule has 0 fully saturated rings. The molecule has 4 aromatic carbocycles. The van der Waals surface area contributed by atoms with Gasteiger partial charge in [0.1, 0.15) is 16.4 Å². The summed E-state index contributed by atoms with van der Waals surface area (Å²) < 4.78 is 8.78. The first-order valence-corrected chi connectivity index (χ1v) is 14.4. The van der Waals surface area contributed by atoms with Gasteiger partial charge in [0.2, 0.25) is 0 Å². The highest BCUT2D eigenvalue weighted by Crippen LogP contribution is 2.37. The summed E-state index contributed by atoms with van der Waals surface area (Å²) in [5, 5.41) is 7.26. The minimum absolute atomic E-state index is 0.124. The van der Waals surface area contributed by atoms with E-state index in [0.717, 1.165) is 48.2 Å². The second kappa shape index (κ2) is 9.61. The van der Waals surface area contributed by atoms with Crippen LogP contribution in [-0.4, -0.2) is 25.6 Å². The fourth-order valence-corrected chi connectivity index (χ4v) is 6.40. The summed E-state index contributed by atoms with van der Waals surface area (Å²) in [5.74, 6) is 0.368. The molecule has 0 saturated heterocycles. The quantitative estimate of drug-likeness (QED) is 0.214. The van der Waals surface area contributed by atoms with E-state index < -0.39 is 0 Å². The number of benzene rings is 4. The van der Waals surface area contributed by atoms with E-state index in [1.54, 1.807) is 22.1 Å². The van der Waals surface area contributed by atoms with Gasteiger partial charge < -0.3 is 4.52 Å². The number of fused-ring (bicyclic) bond motifs is 4. The average molecular weight is 563 g/mol. The first-order valence-electron chi connectivity index (χ1n) is 13.6. The van der Waals surface area contributed by atoms with Crippen molar-refractivity contribution in [1.82, 2.24) is 19.7 Å². The largest absolute Gasteiger partial charge is 0.354 e. The molecule has 0 atom stereocenters. The minimum Gasteiger partial charge on any atom is -0.354 e. The lowest BCUT2D eigenvalue weighted by molar-refractivity contribution is 0.0969. The molecule has 42 heavy (non-hydrogen) atoms. The summed E-state index contributed by atoms with van der Waals surface area (Å²) in [6, 6.07) is 35.7. The molecule has 0 spiro atoms. The summed E-state index contributed by atoms with van der Waals surface area (Å²) in [5.41, 5.74) is 7.43. The van der Waals surface area contributed by atoms with Gasteiger partial charge in [-0.05, 0) is 43.3 Å². The number of nitrogens with zero attached hydrogens (tertiary/aromatic N) is 4. The van der Waals surface area contributed by atoms with Crippen molar-refractivity contribution in [1.29, 1.82) is 0 Å². The van der Waals surface area contributed by atoms with Gasteiger partial charge in [-0.1, -0.05) is 77.5 Å². The number of rotatable bonds is 4. The van der Waals surface area contributed by atoms with E-state index in [0.29, 0.717) is 28.2 Å². The maximum atomic E-state index is 13.9. The third-order valence-corrected chi connectivity index (χ3v) is 8.64. The zero-order valence-electron chi connectivity index (χ0n) is 22.5. The van der Waals surface area contributed by atoms with Crippen LogP contribution in [0.3, 0.4) is 0 Å². The van der Waals surface area contributed by atoms with E-state index in [-0.39, 0.29) is 5.91 Å². The van der Waals surface area contributed by atoms with Crippen LogP contribution in [0.25, 0.3) is 65.3 Å². The van der Waals surface area contributed by atoms with E-state index in [4.69, 9.17) is 14.5 Å². The zero-order valence-corrected chi connectivity index (χ0v) is 23.3. The second-order valence-electron chi connectivity index (χ2n) is 10.2. The molecule has 0 aliphatic heterocycles. The SMILES string of the molecule is Cc1ccc(C(=O)n2c3ccccc3c3ccnc(-c4cc(-c5ccc(-c6nc7ccccc7s6)cc5)no4)c32)cc1. The number of carbonyl (C=O) groups is 1. The van der Waals surface area contributed by atoms with Gasteiger partial charge >= 0.3 is 0 Å². The van der Waals surface area contributed by atoms with Crippen molar-refractivity contribution in [2.45, 2.75) is 6.92 Å². The number of aryl methyl sites for hydroxylation is 1. The van der Waals surface area contributed by atoms with E-state index in [1.165, 1.54) is 0 Å². The maximum absolute atomic E-state index is 13.9. The fraction of sp³-hybridized carbons (Fsp3) is 0.0286. The monoisotopic (exact) mass is 562 g/mol. The molecule has 0 N–H and O–H groups in total. The predicted octanol–water partition coefficient (Wildman–Crippen LogP) is 8.79. The number of aromatic nitrogens is 4. The van der Waals surface area contributed by atoms with Gasteiger partial charge in [-0.15, -0.1) is 11.3 Å².